The maximum atomic E-state index is 12.8. The summed E-state index contributed by atoms with van der Waals surface area (Å²) in [6.07, 6.45) is -2.94. The molecule has 0 heterocycles. The first-order valence-corrected chi connectivity index (χ1v) is 5.74. The van der Waals surface area contributed by atoms with Crippen LogP contribution in [0.4, 0.5) is 13.2 Å². The predicted octanol–water partition coefficient (Wildman–Crippen LogP) is 3.02. The summed E-state index contributed by atoms with van der Waals surface area (Å²) in [6.45, 7) is 1.51. The molecule has 18 heavy (non-hydrogen) atoms. The van der Waals surface area contributed by atoms with Crippen LogP contribution in [0.25, 0.3) is 0 Å². The Morgan fingerprint density at radius 1 is 1.28 bits per heavy atom. The van der Waals surface area contributed by atoms with Gasteiger partial charge in [0.2, 0.25) is 0 Å². The Bertz CT molecular complexity index is 475. The van der Waals surface area contributed by atoms with Crippen molar-refractivity contribution in [2.24, 2.45) is 11.7 Å². The number of nitrogens with two attached hydrogens (primary N) is 1. The molecule has 0 aromatic heterocycles. The molecule has 2 N–H and O–H groups in total. The highest BCUT2D eigenvalue weighted by Crippen LogP contribution is 2.41. The minimum Gasteiger partial charge on any atom is -0.319 e. The van der Waals surface area contributed by atoms with E-state index in [9.17, 15) is 18.0 Å². The zero-order valence-electron chi connectivity index (χ0n) is 9.92. The highest BCUT2D eigenvalue weighted by atomic mass is 19.4. The molecule has 1 unspecified atom stereocenters. The minimum absolute atomic E-state index is 0.00807. The van der Waals surface area contributed by atoms with E-state index in [0.29, 0.717) is 0 Å². The summed E-state index contributed by atoms with van der Waals surface area (Å²) in [7, 11) is 0. The number of alkyl halides is 3. The monoisotopic (exact) mass is 257 g/mol. The normalized spacial score (nSPS) is 19.4. The van der Waals surface area contributed by atoms with Crippen molar-refractivity contribution >= 4 is 5.78 Å². The smallest absolute Gasteiger partial charge is 0.319 e. The number of halogens is 3. The topological polar surface area (TPSA) is 43.1 Å². The third kappa shape index (κ3) is 2.27. The number of hydrogen-bond donors (Lipinski definition) is 1. The van der Waals surface area contributed by atoms with Gasteiger partial charge in [0.05, 0.1) is 11.1 Å². The lowest BCUT2D eigenvalue weighted by molar-refractivity contribution is -0.137. The van der Waals surface area contributed by atoms with E-state index in [4.69, 9.17) is 5.73 Å². The van der Waals surface area contributed by atoms with E-state index in [1.807, 2.05) is 0 Å². The summed E-state index contributed by atoms with van der Waals surface area (Å²) >= 11 is 0. The Labute approximate surface area is 103 Å². The summed E-state index contributed by atoms with van der Waals surface area (Å²) in [6, 6.07) is 4.80. The molecule has 0 spiro atoms. The molecule has 0 radical (unpaired) electrons. The van der Waals surface area contributed by atoms with E-state index < -0.39 is 23.1 Å². The maximum Gasteiger partial charge on any atom is 0.417 e. The van der Waals surface area contributed by atoms with Crippen LogP contribution in [0.5, 0.6) is 0 Å². The van der Waals surface area contributed by atoms with Crippen molar-refractivity contribution in [3.05, 3.63) is 35.4 Å². The predicted molar refractivity (Wildman–Crippen MR) is 61.1 cm³/mol. The van der Waals surface area contributed by atoms with Gasteiger partial charge < -0.3 is 5.73 Å². The summed E-state index contributed by atoms with van der Waals surface area (Å²) < 4.78 is 38.5. The molecule has 0 aliphatic heterocycles. The molecular weight excluding hydrogens is 243 g/mol. The number of carbonyl (C=O) groups excluding carboxylic acids is 1. The fraction of sp³-hybridized carbons (Fsp3) is 0.462. The second kappa shape index (κ2) is 4.09. The molecule has 2 nitrogen and oxygen atoms in total. The van der Waals surface area contributed by atoms with Crippen LogP contribution in [0.3, 0.4) is 0 Å². The molecule has 1 aromatic carbocycles. The molecule has 1 aliphatic rings. The zero-order chi connectivity index (χ0) is 13.6. The molecule has 1 aliphatic carbocycles. The van der Waals surface area contributed by atoms with Gasteiger partial charge in [0, 0.05) is 5.56 Å². The molecular formula is C13H14F3NO. The molecule has 1 atom stereocenters. The first-order valence-electron chi connectivity index (χ1n) is 5.74. The second-order valence-electron chi connectivity index (χ2n) is 4.93. The standard InChI is InChI=1S/C13H14F3NO/c1-12(17,8-6-7-8)11(18)9-4-2-3-5-10(9)13(14,15)16/h2-5,8H,6-7,17H2,1H3. The Morgan fingerprint density at radius 2 is 1.83 bits per heavy atom. The average Bonchev–Trinajstić information content (AvgIpc) is 3.11. The van der Waals surface area contributed by atoms with Crippen LogP contribution in [0.15, 0.2) is 24.3 Å². The van der Waals surface area contributed by atoms with Crippen LogP contribution in [0, 0.1) is 5.92 Å². The molecule has 1 saturated carbocycles. The number of hydrogen-bond acceptors (Lipinski definition) is 2. The largest absolute Gasteiger partial charge is 0.417 e. The van der Waals surface area contributed by atoms with Gasteiger partial charge in [-0.15, -0.1) is 0 Å². The van der Waals surface area contributed by atoms with Crippen LogP contribution >= 0.6 is 0 Å². The molecule has 5 heteroatoms. The maximum absolute atomic E-state index is 12.8. The summed E-state index contributed by atoms with van der Waals surface area (Å²) in [5.41, 5.74) is 3.44. The van der Waals surface area contributed by atoms with E-state index in [-0.39, 0.29) is 11.5 Å². The average molecular weight is 257 g/mol. The van der Waals surface area contributed by atoms with Crippen LogP contribution in [-0.4, -0.2) is 11.3 Å². The van der Waals surface area contributed by atoms with Gasteiger partial charge in [-0.05, 0) is 31.7 Å². The van der Waals surface area contributed by atoms with Crippen LogP contribution in [0.2, 0.25) is 0 Å². The van der Waals surface area contributed by atoms with Crippen molar-refractivity contribution in [3.63, 3.8) is 0 Å². The van der Waals surface area contributed by atoms with E-state index in [1.54, 1.807) is 0 Å². The summed E-state index contributed by atoms with van der Waals surface area (Å²) in [5.74, 6) is -0.635. The third-order valence-corrected chi connectivity index (χ3v) is 3.39. The van der Waals surface area contributed by atoms with Gasteiger partial charge in [0.15, 0.2) is 5.78 Å². The van der Waals surface area contributed by atoms with Gasteiger partial charge in [-0.1, -0.05) is 18.2 Å². The number of carbonyl (C=O) groups is 1. The van der Waals surface area contributed by atoms with E-state index in [0.717, 1.165) is 18.9 Å². The van der Waals surface area contributed by atoms with Gasteiger partial charge in [-0.3, -0.25) is 4.79 Å². The zero-order valence-corrected chi connectivity index (χ0v) is 9.92. The molecule has 1 aromatic rings. The molecule has 1 fully saturated rings. The molecule has 0 saturated heterocycles. The van der Waals surface area contributed by atoms with Gasteiger partial charge in [0.1, 0.15) is 0 Å². The Morgan fingerprint density at radius 3 is 2.33 bits per heavy atom. The first-order chi connectivity index (χ1) is 8.24. The van der Waals surface area contributed by atoms with Crippen LogP contribution in [0.1, 0.15) is 35.7 Å². The van der Waals surface area contributed by atoms with Gasteiger partial charge in [-0.25, -0.2) is 0 Å². The van der Waals surface area contributed by atoms with Crippen molar-refractivity contribution in [2.75, 3.05) is 0 Å². The third-order valence-electron chi connectivity index (χ3n) is 3.39. The Balaban J connectivity index is 2.42. The van der Waals surface area contributed by atoms with Gasteiger partial charge in [-0.2, -0.15) is 13.2 Å². The summed E-state index contributed by atoms with van der Waals surface area (Å²) in [5, 5.41) is 0. The second-order valence-corrected chi connectivity index (χ2v) is 4.93. The Hall–Kier alpha value is -1.36. The number of ketones is 1. The van der Waals surface area contributed by atoms with E-state index in [1.165, 1.54) is 25.1 Å². The fourth-order valence-corrected chi connectivity index (χ4v) is 2.09. The molecule has 0 amide bonds. The van der Waals surface area contributed by atoms with Crippen molar-refractivity contribution in [3.8, 4) is 0 Å². The lowest BCUT2D eigenvalue weighted by Gasteiger charge is -2.24. The highest BCUT2D eigenvalue weighted by molar-refractivity contribution is 6.04. The highest BCUT2D eigenvalue weighted by Gasteiger charge is 2.46. The van der Waals surface area contributed by atoms with Crippen LogP contribution < -0.4 is 5.73 Å². The molecule has 2 rings (SSSR count). The van der Waals surface area contributed by atoms with E-state index >= 15 is 0 Å². The van der Waals surface area contributed by atoms with Crippen molar-refractivity contribution in [1.82, 2.24) is 0 Å². The fourth-order valence-electron chi connectivity index (χ4n) is 2.09. The molecule has 98 valence electrons. The van der Waals surface area contributed by atoms with Crippen molar-refractivity contribution < 1.29 is 18.0 Å². The SMILES string of the molecule is CC(N)(C(=O)c1ccccc1C(F)(F)F)C1CC1. The first kappa shape index (κ1) is 13.1. The summed E-state index contributed by atoms with van der Waals surface area (Å²) in [4.78, 5) is 12.2. The quantitative estimate of drug-likeness (QED) is 0.846. The minimum atomic E-state index is -4.54. The van der Waals surface area contributed by atoms with Crippen LogP contribution in [-0.2, 0) is 6.18 Å². The Kier molecular flexibility index (Phi) is 2.97. The number of benzene rings is 1. The van der Waals surface area contributed by atoms with Crippen molar-refractivity contribution in [2.45, 2.75) is 31.5 Å². The number of rotatable bonds is 3. The lowest BCUT2D eigenvalue weighted by Crippen LogP contribution is -2.47. The van der Waals surface area contributed by atoms with Gasteiger partial charge in [0.25, 0.3) is 0 Å². The van der Waals surface area contributed by atoms with Gasteiger partial charge >= 0.3 is 6.18 Å². The molecule has 0 bridgehead atoms. The lowest BCUT2D eigenvalue weighted by atomic mass is 9.85. The van der Waals surface area contributed by atoms with E-state index in [2.05, 4.69) is 0 Å². The number of Topliss-reactive ketones (excluding diaryl/α,β-unsaturated/α-hetero) is 1. The van der Waals surface area contributed by atoms with Crippen molar-refractivity contribution in [1.29, 1.82) is 0 Å².